The van der Waals surface area contributed by atoms with E-state index >= 15 is 0 Å². The van der Waals surface area contributed by atoms with E-state index in [4.69, 9.17) is 5.73 Å². The average molecular weight is 447 g/mol. The molecule has 0 bridgehead atoms. The smallest absolute Gasteiger partial charge is 1.00 e. The Hall–Kier alpha value is 0.101. The molecule has 2 aromatic rings. The van der Waals surface area contributed by atoms with Crippen LogP contribution in [-0.4, -0.2) is 28.1 Å². The Kier molecular flexibility index (Phi) is 17.9. The fraction of sp³-hybridized carbons (Fsp3) is 0.550. The molecule has 6 heteroatoms. The maximum atomic E-state index is 6.94. The molecule has 1 aliphatic rings. The Labute approximate surface area is 190 Å². The molecule has 0 unspecified atom stereocenters. The van der Waals surface area contributed by atoms with Gasteiger partial charge in [0.1, 0.15) is 0 Å². The second-order valence-corrected chi connectivity index (χ2v) is 8.21. The normalized spacial score (nSPS) is 12.5. The number of benzene rings is 1. The second-order valence-electron chi connectivity index (χ2n) is 7.21. The number of hydrogen-bond acceptors (Lipinski definition) is 1. The first-order valence-corrected chi connectivity index (χ1v) is 10.5. The molecule has 0 amide bonds. The quantitative estimate of drug-likeness (QED) is 0.450. The number of rotatable bonds is 1. The van der Waals surface area contributed by atoms with E-state index in [2.05, 4.69) is 55.2 Å². The predicted octanol–water partition coefficient (Wildman–Crippen LogP) is 0.0967. The molecule has 0 aromatic heterocycles. The minimum absolute atomic E-state index is 0. The van der Waals surface area contributed by atoms with Crippen LogP contribution in [0, 0.1) is 6.92 Å². The van der Waals surface area contributed by atoms with E-state index in [1.165, 1.54) is 48.0 Å². The van der Waals surface area contributed by atoms with Gasteiger partial charge in [-0.15, -0.1) is 46.1 Å². The first-order valence-electron chi connectivity index (χ1n) is 8.51. The van der Waals surface area contributed by atoms with Gasteiger partial charge in [-0.05, 0) is 12.8 Å². The SMILES string of the molecule is CC(C)(C)[NH-].C[Si]C.Cc1[cH-]c2ccccc2c1N1CCCC1.[Cl-].[Cl-].[Ti+4]. The Morgan fingerprint density at radius 3 is 1.92 bits per heavy atom. The van der Waals surface area contributed by atoms with Crippen LogP contribution in [0.1, 0.15) is 39.2 Å². The van der Waals surface area contributed by atoms with Gasteiger partial charge in [-0.1, -0.05) is 52.5 Å². The molecule has 2 radical (unpaired) electrons. The van der Waals surface area contributed by atoms with Crippen molar-refractivity contribution in [3.8, 4) is 0 Å². The minimum Gasteiger partial charge on any atom is -1.00 e. The summed E-state index contributed by atoms with van der Waals surface area (Å²) in [4.78, 5) is 2.54. The second kappa shape index (κ2) is 15.1. The molecule has 3 rings (SSSR count). The molecule has 1 fully saturated rings. The third-order valence-corrected chi connectivity index (χ3v) is 3.38. The molecule has 2 aromatic carbocycles. The van der Waals surface area contributed by atoms with Crippen molar-refractivity contribution in [2.75, 3.05) is 18.0 Å². The van der Waals surface area contributed by atoms with Gasteiger partial charge in [-0.25, -0.2) is 0 Å². The van der Waals surface area contributed by atoms with Crippen molar-refractivity contribution >= 4 is 26.0 Å². The van der Waals surface area contributed by atoms with E-state index < -0.39 is 0 Å². The Balaban J connectivity index is -0.000000419. The molecule has 0 spiro atoms. The van der Waals surface area contributed by atoms with Gasteiger partial charge < -0.3 is 35.4 Å². The van der Waals surface area contributed by atoms with Crippen LogP contribution in [0.3, 0.4) is 0 Å². The third kappa shape index (κ3) is 11.1. The number of nitrogens with zero attached hydrogens (tertiary/aromatic N) is 1. The van der Waals surface area contributed by atoms with Crippen LogP contribution in [0.25, 0.3) is 16.5 Å². The van der Waals surface area contributed by atoms with Crippen molar-refractivity contribution in [2.45, 2.75) is 59.2 Å². The van der Waals surface area contributed by atoms with E-state index in [0.29, 0.717) is 0 Å². The summed E-state index contributed by atoms with van der Waals surface area (Å²) in [6.07, 6.45) is 2.69. The van der Waals surface area contributed by atoms with Crippen LogP contribution >= 0.6 is 0 Å². The van der Waals surface area contributed by atoms with Crippen molar-refractivity contribution in [1.29, 1.82) is 0 Å². The Bertz CT molecular complexity index is 585. The summed E-state index contributed by atoms with van der Waals surface area (Å²) in [5.41, 5.74) is 9.59. The van der Waals surface area contributed by atoms with Gasteiger partial charge in [0, 0.05) is 22.6 Å². The molecule has 0 atom stereocenters. The molecule has 1 aliphatic heterocycles. The van der Waals surface area contributed by atoms with Gasteiger partial charge in [0.15, 0.2) is 0 Å². The number of anilines is 1. The maximum Gasteiger partial charge on any atom is 4.00 e. The topological polar surface area (TPSA) is 27.0 Å². The van der Waals surface area contributed by atoms with Gasteiger partial charge in [-0.3, -0.25) is 0 Å². The van der Waals surface area contributed by atoms with Crippen LogP contribution in [0.15, 0.2) is 30.3 Å². The van der Waals surface area contributed by atoms with Crippen LogP contribution < -0.4 is 29.7 Å². The molecule has 0 aliphatic carbocycles. The Morgan fingerprint density at radius 1 is 1.04 bits per heavy atom. The fourth-order valence-electron chi connectivity index (χ4n) is 2.71. The zero-order valence-electron chi connectivity index (χ0n) is 16.9. The zero-order chi connectivity index (χ0) is 17.5. The Morgan fingerprint density at radius 2 is 1.46 bits per heavy atom. The first kappa shape index (κ1) is 30.8. The summed E-state index contributed by atoms with van der Waals surface area (Å²) in [5, 5.41) is 2.81. The van der Waals surface area contributed by atoms with Crippen molar-refractivity contribution in [3.05, 3.63) is 41.6 Å². The van der Waals surface area contributed by atoms with Crippen LogP contribution in [0.5, 0.6) is 0 Å². The van der Waals surface area contributed by atoms with E-state index in [1.807, 2.05) is 20.8 Å². The van der Waals surface area contributed by atoms with E-state index in [1.54, 1.807) is 0 Å². The molecule has 1 N–H and O–H groups in total. The number of aryl methyl sites for hydroxylation is 1. The largest absolute Gasteiger partial charge is 4.00 e. The van der Waals surface area contributed by atoms with Gasteiger partial charge >= 0.3 is 21.7 Å². The van der Waals surface area contributed by atoms with Gasteiger partial charge in [0.2, 0.25) is 0 Å². The van der Waals surface area contributed by atoms with Crippen molar-refractivity contribution in [2.24, 2.45) is 0 Å². The van der Waals surface area contributed by atoms with Gasteiger partial charge in [0.05, 0.1) is 0 Å². The van der Waals surface area contributed by atoms with E-state index in [9.17, 15) is 0 Å². The third-order valence-electron chi connectivity index (χ3n) is 3.38. The predicted molar refractivity (Wildman–Crippen MR) is 107 cm³/mol. The van der Waals surface area contributed by atoms with E-state index in [0.717, 1.165) is 9.52 Å². The summed E-state index contributed by atoms with van der Waals surface area (Å²) in [7, 11) is 1.08. The summed E-state index contributed by atoms with van der Waals surface area (Å²) >= 11 is 0. The summed E-state index contributed by atoms with van der Waals surface area (Å²) in [5.74, 6) is 0. The molecular formula is C20H32Cl2N2SiTi. The van der Waals surface area contributed by atoms with Crippen molar-refractivity contribution < 1.29 is 46.5 Å². The molecule has 0 saturated carbocycles. The molecule has 1 heterocycles. The molecule has 2 nitrogen and oxygen atoms in total. The summed E-state index contributed by atoms with van der Waals surface area (Å²) in [6, 6.07) is 11.0. The minimum atomic E-state index is -0.250. The number of nitrogens with one attached hydrogen (secondary N) is 1. The van der Waals surface area contributed by atoms with Crippen LogP contribution in [-0.2, 0) is 21.7 Å². The van der Waals surface area contributed by atoms with Crippen LogP contribution in [0.4, 0.5) is 5.69 Å². The number of fused-ring (bicyclic) bond motifs is 1. The standard InChI is InChI=1S/C14H16N.C4H10N.C2H6Si.2ClH.Ti/c1-11-10-12-6-2-3-7-13(12)14(11)15-8-4-5-9-15;1-4(2,3)5;1-3-2;;;/h2-3,6-7,10H,4-5,8-9H2,1H3;5H,1-3H3;1-2H3;2*1H;/q2*-1;;;;+4/p-2. The fourth-order valence-corrected chi connectivity index (χ4v) is 2.71. The monoisotopic (exact) mass is 446 g/mol. The van der Waals surface area contributed by atoms with Crippen molar-refractivity contribution in [3.63, 3.8) is 0 Å². The van der Waals surface area contributed by atoms with Gasteiger partial charge in [-0.2, -0.15) is 0 Å². The molecule has 26 heavy (non-hydrogen) atoms. The van der Waals surface area contributed by atoms with Crippen LogP contribution in [0.2, 0.25) is 13.1 Å². The zero-order valence-corrected chi connectivity index (χ0v) is 21.0. The van der Waals surface area contributed by atoms with E-state index in [-0.39, 0.29) is 52.1 Å². The number of halogens is 2. The molecule has 144 valence electrons. The number of hydrogen-bond donors (Lipinski definition) is 0. The maximum absolute atomic E-state index is 6.94. The van der Waals surface area contributed by atoms with Gasteiger partial charge in [0.25, 0.3) is 0 Å². The molecule has 1 saturated heterocycles. The molecular weight excluding hydrogens is 415 g/mol. The average Bonchev–Trinajstić information content (AvgIpc) is 3.03. The summed E-state index contributed by atoms with van der Waals surface area (Å²) in [6.45, 7) is 14.6. The summed E-state index contributed by atoms with van der Waals surface area (Å²) < 4.78 is 0. The first-order chi connectivity index (χ1) is 10.8. The van der Waals surface area contributed by atoms with Crippen molar-refractivity contribution in [1.82, 2.24) is 0 Å².